The quantitative estimate of drug-likeness (QED) is 0.350. The monoisotopic (exact) mass is 504 g/mol. The van der Waals surface area contributed by atoms with Gasteiger partial charge in [0.05, 0.1) is 12.2 Å². The summed E-state index contributed by atoms with van der Waals surface area (Å²) in [6.45, 7) is 15.9. The molecule has 0 radical (unpaired) electrons. The second-order valence-corrected chi connectivity index (χ2v) is 8.13. The SMILES string of the molecule is CCNC(=NC[C@H]1CCCN1CC(C)C)N1CCN(Cc2ccon2)CC1.I. The van der Waals surface area contributed by atoms with E-state index in [1.165, 1.54) is 25.9 Å². The van der Waals surface area contributed by atoms with Crippen LogP contribution in [0.5, 0.6) is 0 Å². The summed E-state index contributed by atoms with van der Waals surface area (Å²) in [7, 11) is 0. The molecule has 1 aromatic rings. The van der Waals surface area contributed by atoms with Gasteiger partial charge in [0.25, 0.3) is 0 Å². The Morgan fingerprint density at radius 1 is 1.29 bits per heavy atom. The maximum absolute atomic E-state index is 5.02. The van der Waals surface area contributed by atoms with E-state index in [2.05, 4.69) is 45.9 Å². The van der Waals surface area contributed by atoms with Gasteiger partial charge < -0.3 is 14.7 Å². The Balaban J connectivity index is 0.00000280. The first-order valence-electron chi connectivity index (χ1n) is 10.5. The largest absolute Gasteiger partial charge is 0.364 e. The van der Waals surface area contributed by atoms with E-state index in [1.54, 1.807) is 6.26 Å². The molecule has 28 heavy (non-hydrogen) atoms. The van der Waals surface area contributed by atoms with E-state index in [4.69, 9.17) is 9.52 Å². The second kappa shape index (κ2) is 12.0. The van der Waals surface area contributed by atoms with Crippen LogP contribution in [0.3, 0.4) is 0 Å². The number of rotatable bonds is 7. The number of aliphatic imine (C=N–C) groups is 1. The smallest absolute Gasteiger partial charge is 0.194 e. The molecule has 1 atom stereocenters. The fourth-order valence-corrected chi connectivity index (χ4v) is 4.09. The lowest BCUT2D eigenvalue weighted by atomic mass is 10.2. The highest BCUT2D eigenvalue weighted by molar-refractivity contribution is 14.0. The summed E-state index contributed by atoms with van der Waals surface area (Å²) in [6.07, 6.45) is 4.23. The third kappa shape index (κ3) is 6.88. The molecule has 0 bridgehead atoms. The van der Waals surface area contributed by atoms with Crippen molar-refractivity contribution in [3.8, 4) is 0 Å². The Morgan fingerprint density at radius 2 is 2.07 bits per heavy atom. The number of hydrogen-bond donors (Lipinski definition) is 1. The Labute approximate surface area is 186 Å². The van der Waals surface area contributed by atoms with Gasteiger partial charge in [-0.25, -0.2) is 0 Å². The molecule has 0 aromatic carbocycles. The van der Waals surface area contributed by atoms with Crippen molar-refractivity contribution in [1.82, 2.24) is 25.2 Å². The van der Waals surface area contributed by atoms with Crippen LogP contribution in [0.15, 0.2) is 21.8 Å². The predicted octanol–water partition coefficient (Wildman–Crippen LogP) is 2.50. The van der Waals surface area contributed by atoms with E-state index >= 15 is 0 Å². The second-order valence-electron chi connectivity index (χ2n) is 8.13. The maximum atomic E-state index is 5.02. The third-order valence-corrected chi connectivity index (χ3v) is 5.43. The number of nitrogens with zero attached hydrogens (tertiary/aromatic N) is 5. The highest BCUT2D eigenvalue weighted by Gasteiger charge is 2.25. The van der Waals surface area contributed by atoms with Crippen LogP contribution in [-0.4, -0.2) is 84.2 Å². The van der Waals surface area contributed by atoms with Gasteiger partial charge in [0, 0.05) is 57.9 Å². The van der Waals surface area contributed by atoms with E-state index in [9.17, 15) is 0 Å². The molecule has 1 N–H and O–H groups in total. The molecule has 2 aliphatic heterocycles. The Morgan fingerprint density at radius 3 is 2.71 bits per heavy atom. The Hall–Kier alpha value is -0.870. The average molecular weight is 504 g/mol. The Kier molecular flexibility index (Phi) is 10.0. The lowest BCUT2D eigenvalue weighted by molar-refractivity contribution is 0.168. The van der Waals surface area contributed by atoms with Crippen molar-refractivity contribution in [1.29, 1.82) is 0 Å². The fourth-order valence-electron chi connectivity index (χ4n) is 4.09. The molecule has 8 heteroatoms. The molecule has 2 aliphatic rings. The maximum Gasteiger partial charge on any atom is 0.194 e. The lowest BCUT2D eigenvalue weighted by Crippen LogP contribution is -2.52. The van der Waals surface area contributed by atoms with E-state index < -0.39 is 0 Å². The van der Waals surface area contributed by atoms with Crippen molar-refractivity contribution < 1.29 is 4.52 Å². The van der Waals surface area contributed by atoms with Crippen LogP contribution in [-0.2, 0) is 6.54 Å². The van der Waals surface area contributed by atoms with Gasteiger partial charge in [0.15, 0.2) is 5.96 Å². The van der Waals surface area contributed by atoms with Crippen molar-refractivity contribution in [3.05, 3.63) is 18.0 Å². The molecule has 2 saturated heterocycles. The minimum atomic E-state index is 0. The van der Waals surface area contributed by atoms with Gasteiger partial charge in [-0.1, -0.05) is 19.0 Å². The van der Waals surface area contributed by atoms with Crippen molar-refractivity contribution in [2.24, 2.45) is 10.9 Å². The molecular formula is C20H37IN6O. The van der Waals surface area contributed by atoms with Crippen molar-refractivity contribution in [3.63, 3.8) is 0 Å². The van der Waals surface area contributed by atoms with Crippen LogP contribution >= 0.6 is 24.0 Å². The normalized spacial score (nSPS) is 21.9. The Bertz CT molecular complexity index is 571. The first-order valence-corrected chi connectivity index (χ1v) is 10.5. The summed E-state index contributed by atoms with van der Waals surface area (Å²) >= 11 is 0. The lowest BCUT2D eigenvalue weighted by Gasteiger charge is -2.36. The number of aromatic nitrogens is 1. The van der Waals surface area contributed by atoms with Crippen LogP contribution in [0, 0.1) is 5.92 Å². The summed E-state index contributed by atoms with van der Waals surface area (Å²) in [4.78, 5) is 12.5. The molecule has 160 valence electrons. The van der Waals surface area contributed by atoms with E-state index in [1.807, 2.05) is 6.07 Å². The summed E-state index contributed by atoms with van der Waals surface area (Å²) < 4.78 is 4.94. The van der Waals surface area contributed by atoms with Crippen molar-refractivity contribution >= 4 is 29.9 Å². The number of likely N-dealkylation sites (tertiary alicyclic amines) is 1. The zero-order chi connectivity index (χ0) is 19.1. The van der Waals surface area contributed by atoms with Gasteiger partial charge in [-0.05, 0) is 32.2 Å². The molecule has 0 saturated carbocycles. The number of piperazine rings is 1. The van der Waals surface area contributed by atoms with Gasteiger partial charge in [-0.15, -0.1) is 24.0 Å². The van der Waals surface area contributed by atoms with Crippen molar-refractivity contribution in [2.75, 3.05) is 52.4 Å². The zero-order valence-corrected chi connectivity index (χ0v) is 20.0. The first kappa shape index (κ1) is 23.4. The summed E-state index contributed by atoms with van der Waals surface area (Å²) in [6, 6.07) is 2.55. The third-order valence-electron chi connectivity index (χ3n) is 5.43. The molecule has 3 heterocycles. The topological polar surface area (TPSA) is 60.1 Å². The average Bonchev–Trinajstić information content (AvgIpc) is 3.31. The molecule has 7 nitrogen and oxygen atoms in total. The molecule has 0 amide bonds. The number of halogens is 1. The molecule has 3 rings (SSSR count). The van der Waals surface area contributed by atoms with Gasteiger partial charge in [0.1, 0.15) is 6.26 Å². The van der Waals surface area contributed by atoms with Gasteiger partial charge in [0.2, 0.25) is 0 Å². The van der Waals surface area contributed by atoms with Gasteiger partial charge in [-0.3, -0.25) is 14.8 Å². The standard InChI is InChI=1S/C20H36N6O.HI/c1-4-21-20(22-14-19-6-5-8-26(19)15-17(2)3)25-11-9-24(10-12-25)16-18-7-13-27-23-18;/h7,13,17,19H,4-6,8-12,14-16H2,1-3H3,(H,21,22);1H/t19-;/m1./s1. The zero-order valence-electron chi connectivity index (χ0n) is 17.6. The van der Waals surface area contributed by atoms with E-state index in [0.29, 0.717) is 6.04 Å². The van der Waals surface area contributed by atoms with E-state index in [0.717, 1.165) is 63.4 Å². The van der Waals surface area contributed by atoms with Gasteiger partial charge >= 0.3 is 0 Å². The summed E-state index contributed by atoms with van der Waals surface area (Å²) in [5, 5.41) is 7.53. The number of nitrogens with one attached hydrogen (secondary N) is 1. The number of guanidine groups is 1. The minimum Gasteiger partial charge on any atom is -0.364 e. The fraction of sp³-hybridized carbons (Fsp3) is 0.800. The highest BCUT2D eigenvalue weighted by Crippen LogP contribution is 2.19. The molecule has 1 aromatic heterocycles. The highest BCUT2D eigenvalue weighted by atomic mass is 127. The molecular weight excluding hydrogens is 467 g/mol. The first-order chi connectivity index (χ1) is 13.2. The molecule has 0 aliphatic carbocycles. The van der Waals surface area contributed by atoms with Crippen LogP contribution in [0.25, 0.3) is 0 Å². The summed E-state index contributed by atoms with van der Waals surface area (Å²) in [5.41, 5.74) is 1.01. The molecule has 2 fully saturated rings. The van der Waals surface area contributed by atoms with Crippen LogP contribution in [0.4, 0.5) is 0 Å². The summed E-state index contributed by atoms with van der Waals surface area (Å²) in [5.74, 6) is 1.80. The van der Waals surface area contributed by atoms with Crippen molar-refractivity contribution in [2.45, 2.75) is 46.2 Å². The molecule has 0 unspecified atom stereocenters. The van der Waals surface area contributed by atoms with E-state index in [-0.39, 0.29) is 24.0 Å². The predicted molar refractivity (Wildman–Crippen MR) is 124 cm³/mol. The molecule has 0 spiro atoms. The van der Waals surface area contributed by atoms with Crippen LogP contribution < -0.4 is 5.32 Å². The van der Waals surface area contributed by atoms with Crippen LogP contribution in [0.1, 0.15) is 39.3 Å². The number of hydrogen-bond acceptors (Lipinski definition) is 5. The van der Waals surface area contributed by atoms with Gasteiger partial charge in [-0.2, -0.15) is 0 Å². The van der Waals surface area contributed by atoms with Crippen LogP contribution in [0.2, 0.25) is 0 Å². The minimum absolute atomic E-state index is 0.